The lowest BCUT2D eigenvalue weighted by molar-refractivity contribution is 0.476. The minimum absolute atomic E-state index is 0.198. The van der Waals surface area contributed by atoms with Crippen LogP contribution in [-0.4, -0.2) is 22.4 Å². The SMILES string of the molecule is Fc1ccccc1-c1cnn(CC2CCCN2)c1. The summed E-state index contributed by atoms with van der Waals surface area (Å²) < 4.78 is 15.5. The van der Waals surface area contributed by atoms with Gasteiger partial charge in [0.1, 0.15) is 5.82 Å². The van der Waals surface area contributed by atoms with Gasteiger partial charge in [0, 0.05) is 23.4 Å². The van der Waals surface area contributed by atoms with Crippen LogP contribution in [0.25, 0.3) is 11.1 Å². The quantitative estimate of drug-likeness (QED) is 0.900. The predicted octanol–water partition coefficient (Wildman–Crippen LogP) is 2.44. The smallest absolute Gasteiger partial charge is 0.131 e. The Bertz CT molecular complexity index is 529. The van der Waals surface area contributed by atoms with Gasteiger partial charge in [-0.25, -0.2) is 4.39 Å². The van der Waals surface area contributed by atoms with Gasteiger partial charge in [-0.1, -0.05) is 18.2 Å². The highest BCUT2D eigenvalue weighted by molar-refractivity contribution is 5.62. The van der Waals surface area contributed by atoms with E-state index in [1.54, 1.807) is 18.3 Å². The van der Waals surface area contributed by atoms with Crippen LogP contribution in [0.4, 0.5) is 4.39 Å². The fraction of sp³-hybridized carbons (Fsp3) is 0.357. The maximum atomic E-state index is 13.6. The van der Waals surface area contributed by atoms with Crippen molar-refractivity contribution in [1.29, 1.82) is 0 Å². The summed E-state index contributed by atoms with van der Waals surface area (Å²) in [7, 11) is 0. The lowest BCUT2D eigenvalue weighted by Crippen LogP contribution is -2.26. The second kappa shape index (κ2) is 4.90. The zero-order chi connectivity index (χ0) is 12.4. The number of aromatic nitrogens is 2. The van der Waals surface area contributed by atoms with Gasteiger partial charge in [0.25, 0.3) is 0 Å². The molecule has 1 saturated heterocycles. The Morgan fingerprint density at radius 3 is 3.06 bits per heavy atom. The topological polar surface area (TPSA) is 29.9 Å². The molecule has 1 aliphatic heterocycles. The number of rotatable bonds is 3. The molecule has 1 aromatic carbocycles. The standard InChI is InChI=1S/C14H16FN3/c15-14-6-2-1-5-13(14)11-8-17-18(9-11)10-12-4-3-7-16-12/h1-2,5-6,8-9,12,16H,3-4,7,10H2. The molecule has 0 radical (unpaired) electrons. The minimum atomic E-state index is -0.198. The van der Waals surface area contributed by atoms with E-state index in [-0.39, 0.29) is 5.82 Å². The summed E-state index contributed by atoms with van der Waals surface area (Å²) in [5.74, 6) is -0.198. The molecule has 4 heteroatoms. The maximum Gasteiger partial charge on any atom is 0.131 e. The number of halogens is 1. The Morgan fingerprint density at radius 2 is 2.28 bits per heavy atom. The van der Waals surface area contributed by atoms with Crippen molar-refractivity contribution in [1.82, 2.24) is 15.1 Å². The molecular formula is C14H16FN3. The second-order valence-corrected chi connectivity index (χ2v) is 4.72. The minimum Gasteiger partial charge on any atom is -0.312 e. The van der Waals surface area contributed by atoms with Crippen molar-refractivity contribution in [2.45, 2.75) is 25.4 Å². The number of hydrogen-bond donors (Lipinski definition) is 1. The molecule has 3 rings (SSSR count). The highest BCUT2D eigenvalue weighted by atomic mass is 19.1. The summed E-state index contributed by atoms with van der Waals surface area (Å²) in [6.07, 6.45) is 6.06. The van der Waals surface area contributed by atoms with Crippen LogP contribution in [0, 0.1) is 5.82 Å². The van der Waals surface area contributed by atoms with Crippen LogP contribution < -0.4 is 5.32 Å². The lowest BCUT2D eigenvalue weighted by Gasteiger charge is -2.09. The fourth-order valence-electron chi connectivity index (χ4n) is 2.44. The Kier molecular flexibility index (Phi) is 3.11. The zero-order valence-electron chi connectivity index (χ0n) is 10.1. The van der Waals surface area contributed by atoms with E-state index in [1.807, 2.05) is 16.9 Å². The van der Waals surface area contributed by atoms with Gasteiger partial charge >= 0.3 is 0 Å². The average Bonchev–Trinajstić information content (AvgIpc) is 3.02. The second-order valence-electron chi connectivity index (χ2n) is 4.72. The summed E-state index contributed by atoms with van der Waals surface area (Å²) in [6.45, 7) is 1.94. The Balaban J connectivity index is 1.79. The van der Waals surface area contributed by atoms with E-state index in [2.05, 4.69) is 10.4 Å². The third-order valence-electron chi connectivity index (χ3n) is 3.39. The van der Waals surface area contributed by atoms with Crippen LogP contribution in [0.2, 0.25) is 0 Å². The molecule has 18 heavy (non-hydrogen) atoms. The van der Waals surface area contributed by atoms with Crippen LogP contribution in [0.1, 0.15) is 12.8 Å². The van der Waals surface area contributed by atoms with Crippen molar-refractivity contribution in [3.05, 3.63) is 42.5 Å². The van der Waals surface area contributed by atoms with Crippen LogP contribution in [-0.2, 0) is 6.54 Å². The highest BCUT2D eigenvalue weighted by Gasteiger charge is 2.15. The molecule has 0 saturated carbocycles. The molecule has 0 bridgehead atoms. The van der Waals surface area contributed by atoms with E-state index < -0.39 is 0 Å². The third-order valence-corrected chi connectivity index (χ3v) is 3.39. The maximum absolute atomic E-state index is 13.6. The van der Waals surface area contributed by atoms with Gasteiger partial charge in [-0.3, -0.25) is 4.68 Å². The molecule has 2 aromatic rings. The van der Waals surface area contributed by atoms with Crippen LogP contribution >= 0.6 is 0 Å². The molecule has 3 nitrogen and oxygen atoms in total. The van der Waals surface area contributed by atoms with E-state index in [4.69, 9.17) is 0 Å². The summed E-state index contributed by atoms with van der Waals surface area (Å²) >= 11 is 0. The van der Waals surface area contributed by atoms with Crippen LogP contribution in [0.5, 0.6) is 0 Å². The average molecular weight is 245 g/mol. The third kappa shape index (κ3) is 2.29. The Hall–Kier alpha value is -1.68. The van der Waals surface area contributed by atoms with Gasteiger partial charge < -0.3 is 5.32 Å². The Labute approximate surface area is 106 Å². The van der Waals surface area contributed by atoms with E-state index in [9.17, 15) is 4.39 Å². The Morgan fingerprint density at radius 1 is 1.39 bits per heavy atom. The fourth-order valence-corrected chi connectivity index (χ4v) is 2.44. The first-order valence-corrected chi connectivity index (χ1v) is 6.34. The zero-order valence-corrected chi connectivity index (χ0v) is 10.1. The van der Waals surface area contributed by atoms with Gasteiger partial charge in [-0.05, 0) is 25.5 Å². The predicted molar refractivity (Wildman–Crippen MR) is 68.6 cm³/mol. The summed E-state index contributed by atoms with van der Waals surface area (Å²) in [5.41, 5.74) is 1.45. The molecule has 1 unspecified atom stereocenters. The lowest BCUT2D eigenvalue weighted by atomic mass is 10.1. The first-order valence-electron chi connectivity index (χ1n) is 6.34. The van der Waals surface area contributed by atoms with Gasteiger partial charge in [0.2, 0.25) is 0 Å². The number of nitrogens with one attached hydrogen (secondary N) is 1. The molecule has 2 heterocycles. The first-order chi connectivity index (χ1) is 8.83. The number of benzene rings is 1. The van der Waals surface area contributed by atoms with Crippen molar-refractivity contribution in [2.24, 2.45) is 0 Å². The highest BCUT2D eigenvalue weighted by Crippen LogP contribution is 2.21. The van der Waals surface area contributed by atoms with Crippen molar-refractivity contribution in [2.75, 3.05) is 6.54 Å². The molecule has 1 aliphatic rings. The van der Waals surface area contributed by atoms with Crippen molar-refractivity contribution in [3.8, 4) is 11.1 Å². The number of nitrogens with zero attached hydrogens (tertiary/aromatic N) is 2. The summed E-state index contributed by atoms with van der Waals surface area (Å²) in [6, 6.07) is 7.30. The van der Waals surface area contributed by atoms with E-state index >= 15 is 0 Å². The van der Waals surface area contributed by atoms with E-state index in [1.165, 1.54) is 18.9 Å². The normalized spacial score (nSPS) is 19.3. The molecule has 0 spiro atoms. The van der Waals surface area contributed by atoms with Crippen molar-refractivity contribution >= 4 is 0 Å². The van der Waals surface area contributed by atoms with Crippen molar-refractivity contribution in [3.63, 3.8) is 0 Å². The van der Waals surface area contributed by atoms with Crippen LogP contribution in [0.3, 0.4) is 0 Å². The molecular weight excluding hydrogens is 229 g/mol. The number of hydrogen-bond acceptors (Lipinski definition) is 2. The summed E-state index contributed by atoms with van der Waals surface area (Å²) in [4.78, 5) is 0. The molecule has 0 amide bonds. The van der Waals surface area contributed by atoms with Gasteiger partial charge in [-0.2, -0.15) is 5.10 Å². The molecule has 1 N–H and O–H groups in total. The van der Waals surface area contributed by atoms with E-state index in [0.29, 0.717) is 11.6 Å². The molecule has 1 atom stereocenters. The van der Waals surface area contributed by atoms with Gasteiger partial charge in [0.15, 0.2) is 0 Å². The summed E-state index contributed by atoms with van der Waals surface area (Å²) in [5, 5.41) is 7.74. The van der Waals surface area contributed by atoms with Crippen molar-refractivity contribution < 1.29 is 4.39 Å². The molecule has 94 valence electrons. The molecule has 1 fully saturated rings. The monoisotopic (exact) mass is 245 g/mol. The van der Waals surface area contributed by atoms with Gasteiger partial charge in [-0.15, -0.1) is 0 Å². The van der Waals surface area contributed by atoms with Crippen LogP contribution in [0.15, 0.2) is 36.7 Å². The van der Waals surface area contributed by atoms with Gasteiger partial charge in [0.05, 0.1) is 12.7 Å². The molecule has 1 aromatic heterocycles. The molecule has 0 aliphatic carbocycles. The first kappa shape index (κ1) is 11.4. The largest absolute Gasteiger partial charge is 0.312 e. The van der Waals surface area contributed by atoms with E-state index in [0.717, 1.165) is 18.7 Å².